The molecule has 0 saturated heterocycles. The summed E-state index contributed by atoms with van der Waals surface area (Å²) in [6.45, 7) is 0. The van der Waals surface area contributed by atoms with E-state index in [-0.39, 0.29) is 18.2 Å². The van der Waals surface area contributed by atoms with E-state index in [4.69, 9.17) is 14.2 Å². The first-order valence-electron chi connectivity index (χ1n) is 14.0. The van der Waals surface area contributed by atoms with E-state index in [1.165, 1.54) is 25.6 Å². The molecule has 0 unspecified atom stereocenters. The van der Waals surface area contributed by atoms with Crippen LogP contribution in [0, 0.1) is 0 Å². The predicted octanol–water partition coefficient (Wildman–Crippen LogP) is 5.66. The number of nitrogens with zero attached hydrogens (tertiary/aromatic N) is 1. The van der Waals surface area contributed by atoms with Gasteiger partial charge in [-0.3, -0.25) is 13.9 Å². The van der Waals surface area contributed by atoms with Crippen LogP contribution in [0.2, 0.25) is 0 Å². The molecular weight excluding hydrogens is 596 g/mol. The highest BCUT2D eigenvalue weighted by atomic mass is 32.2. The maximum Gasteiger partial charge on any atom is 0.257 e. The monoisotopic (exact) mass is 630 g/mol. The number of ether oxygens (including phenoxy) is 3. The summed E-state index contributed by atoms with van der Waals surface area (Å²) in [5.41, 5.74) is 5.33. The van der Waals surface area contributed by atoms with Crippen molar-refractivity contribution in [3.05, 3.63) is 83.9 Å². The molecule has 45 heavy (non-hydrogen) atoms. The van der Waals surface area contributed by atoms with Crippen molar-refractivity contribution < 1.29 is 32.2 Å². The Morgan fingerprint density at radius 3 is 2.29 bits per heavy atom. The number of anilines is 5. The summed E-state index contributed by atoms with van der Waals surface area (Å²) >= 11 is 0. The number of rotatable bonds is 10. The Bertz CT molecular complexity index is 1890. The Morgan fingerprint density at radius 2 is 1.58 bits per heavy atom. The van der Waals surface area contributed by atoms with Crippen LogP contribution in [0.25, 0.3) is 11.1 Å². The summed E-state index contributed by atoms with van der Waals surface area (Å²) in [5, 5.41) is 9.16. The van der Waals surface area contributed by atoms with Crippen LogP contribution in [0.15, 0.2) is 72.8 Å². The molecule has 1 aliphatic rings. The van der Waals surface area contributed by atoms with Crippen LogP contribution < -0.4 is 34.5 Å². The van der Waals surface area contributed by atoms with E-state index >= 15 is 0 Å². The highest BCUT2D eigenvalue weighted by Gasteiger charge is 2.22. The highest BCUT2D eigenvalue weighted by molar-refractivity contribution is 7.92. The minimum absolute atomic E-state index is 0.181. The van der Waals surface area contributed by atoms with Crippen molar-refractivity contribution in [2.75, 3.05) is 54.9 Å². The lowest BCUT2D eigenvalue weighted by Gasteiger charge is -2.21. The van der Waals surface area contributed by atoms with Crippen molar-refractivity contribution in [1.82, 2.24) is 0 Å². The minimum Gasteiger partial charge on any atom is -0.493 e. The number of carbonyl (C=O) groups excluding carboxylic acids is 2. The number of aryl methyl sites for hydroxylation is 1. The standard InChI is InChI=1S/C33H34N4O7S/c1-37(45(5,40)41)28-9-7-6-8-23(28)21-10-14-24-26(18-21)35-27-19-22(13-15-25(27)36-33(24)39)34-30(38)17-12-20-11-16-29(42-2)32(44-4)31(20)43-3/h6-11,13-16,18-19,35H,12,17H2,1-5H3,(H,34,38)(H,36,39). The third-order valence-electron chi connectivity index (χ3n) is 7.54. The zero-order valence-corrected chi connectivity index (χ0v) is 26.4. The molecule has 4 aromatic rings. The summed E-state index contributed by atoms with van der Waals surface area (Å²) in [4.78, 5) is 26.1. The summed E-state index contributed by atoms with van der Waals surface area (Å²) in [5.74, 6) is 0.999. The lowest BCUT2D eigenvalue weighted by molar-refractivity contribution is -0.116. The third-order valence-corrected chi connectivity index (χ3v) is 8.74. The lowest BCUT2D eigenvalue weighted by Crippen LogP contribution is -2.25. The van der Waals surface area contributed by atoms with E-state index in [1.54, 1.807) is 61.7 Å². The molecule has 1 aliphatic heterocycles. The van der Waals surface area contributed by atoms with Crippen LogP contribution in [-0.2, 0) is 21.2 Å². The van der Waals surface area contributed by atoms with Gasteiger partial charge >= 0.3 is 0 Å². The molecule has 0 fully saturated rings. The van der Waals surface area contributed by atoms with Crippen LogP contribution >= 0.6 is 0 Å². The molecule has 12 heteroatoms. The Hall–Kier alpha value is -5.23. The molecule has 4 aromatic carbocycles. The van der Waals surface area contributed by atoms with Crippen LogP contribution in [0.1, 0.15) is 22.3 Å². The minimum atomic E-state index is -3.50. The fourth-order valence-corrected chi connectivity index (χ4v) is 5.70. The summed E-state index contributed by atoms with van der Waals surface area (Å²) in [6, 6.07) is 21.2. The van der Waals surface area contributed by atoms with Gasteiger partial charge in [-0.05, 0) is 60.0 Å². The second-order valence-electron chi connectivity index (χ2n) is 10.4. The number of hydrogen-bond acceptors (Lipinski definition) is 8. The first-order valence-corrected chi connectivity index (χ1v) is 15.9. The molecule has 5 rings (SSSR count). The molecule has 0 bridgehead atoms. The quantitative estimate of drug-likeness (QED) is 0.205. The molecule has 0 aromatic heterocycles. The molecular formula is C33H34N4O7S. The normalized spacial score (nSPS) is 12.1. The van der Waals surface area contributed by atoms with Gasteiger partial charge in [0, 0.05) is 24.7 Å². The third kappa shape index (κ3) is 6.50. The van der Waals surface area contributed by atoms with E-state index in [1.807, 2.05) is 18.2 Å². The van der Waals surface area contributed by atoms with Gasteiger partial charge in [-0.1, -0.05) is 30.3 Å². The fourth-order valence-electron chi connectivity index (χ4n) is 5.19. The molecule has 0 aliphatic carbocycles. The largest absolute Gasteiger partial charge is 0.493 e. The summed E-state index contributed by atoms with van der Waals surface area (Å²) in [7, 11) is 2.61. The molecule has 0 spiro atoms. The zero-order valence-electron chi connectivity index (χ0n) is 25.6. The zero-order chi connectivity index (χ0) is 32.3. The second kappa shape index (κ2) is 12.8. The van der Waals surface area contributed by atoms with Gasteiger partial charge in [-0.25, -0.2) is 8.42 Å². The number of benzene rings is 4. The van der Waals surface area contributed by atoms with Gasteiger partial charge in [0.25, 0.3) is 5.91 Å². The van der Waals surface area contributed by atoms with Gasteiger partial charge in [0.1, 0.15) is 0 Å². The smallest absolute Gasteiger partial charge is 0.257 e. The van der Waals surface area contributed by atoms with Gasteiger partial charge in [-0.2, -0.15) is 0 Å². The molecule has 0 saturated carbocycles. The number of methoxy groups -OCH3 is 3. The molecule has 0 atom stereocenters. The molecule has 1 heterocycles. The number of sulfonamides is 1. The predicted molar refractivity (Wildman–Crippen MR) is 176 cm³/mol. The fraction of sp³-hybridized carbons (Fsp3) is 0.212. The van der Waals surface area contributed by atoms with Crippen LogP contribution in [0.4, 0.5) is 28.4 Å². The van der Waals surface area contributed by atoms with Crippen molar-refractivity contribution in [1.29, 1.82) is 0 Å². The Labute approximate surface area is 262 Å². The number of amides is 2. The molecule has 11 nitrogen and oxygen atoms in total. The van der Waals surface area contributed by atoms with Crippen LogP contribution in [0.3, 0.4) is 0 Å². The van der Waals surface area contributed by atoms with Crippen molar-refractivity contribution in [2.24, 2.45) is 0 Å². The van der Waals surface area contributed by atoms with Gasteiger partial charge < -0.3 is 30.2 Å². The maximum absolute atomic E-state index is 13.1. The summed E-state index contributed by atoms with van der Waals surface area (Å²) < 4.78 is 42.1. The lowest BCUT2D eigenvalue weighted by atomic mass is 10.0. The Kier molecular flexibility index (Phi) is 8.87. The van der Waals surface area contributed by atoms with Crippen molar-refractivity contribution >= 4 is 50.3 Å². The van der Waals surface area contributed by atoms with E-state index < -0.39 is 10.0 Å². The van der Waals surface area contributed by atoms with Gasteiger partial charge in [0.15, 0.2) is 11.5 Å². The van der Waals surface area contributed by atoms with E-state index in [0.29, 0.717) is 63.2 Å². The van der Waals surface area contributed by atoms with Crippen molar-refractivity contribution in [3.63, 3.8) is 0 Å². The average Bonchev–Trinajstić information content (AvgIpc) is 3.17. The first-order chi connectivity index (χ1) is 21.5. The van der Waals surface area contributed by atoms with Gasteiger partial charge in [0.2, 0.25) is 21.7 Å². The van der Waals surface area contributed by atoms with E-state index in [9.17, 15) is 18.0 Å². The van der Waals surface area contributed by atoms with E-state index in [2.05, 4.69) is 16.0 Å². The SMILES string of the molecule is COc1ccc(CCC(=O)Nc2ccc3c(c2)Nc2cc(-c4ccccc4N(C)S(C)(=O)=O)ccc2C(=O)N3)c(OC)c1OC. The van der Waals surface area contributed by atoms with Gasteiger partial charge in [0.05, 0.1) is 55.9 Å². The van der Waals surface area contributed by atoms with Gasteiger partial charge in [-0.15, -0.1) is 0 Å². The number of hydrogen-bond donors (Lipinski definition) is 3. The Balaban J connectivity index is 1.37. The number of carbonyl (C=O) groups is 2. The van der Waals surface area contributed by atoms with Crippen LogP contribution in [-0.4, -0.2) is 54.9 Å². The summed E-state index contributed by atoms with van der Waals surface area (Å²) in [6.07, 6.45) is 1.73. The second-order valence-corrected chi connectivity index (χ2v) is 12.4. The Morgan fingerprint density at radius 1 is 0.822 bits per heavy atom. The molecule has 0 radical (unpaired) electrons. The topological polar surface area (TPSA) is 135 Å². The molecule has 3 N–H and O–H groups in total. The number of fused-ring (bicyclic) bond motifs is 2. The van der Waals surface area contributed by atoms with Crippen molar-refractivity contribution in [2.45, 2.75) is 12.8 Å². The molecule has 2 amide bonds. The molecule has 234 valence electrons. The van der Waals surface area contributed by atoms with Crippen LogP contribution in [0.5, 0.6) is 17.2 Å². The van der Waals surface area contributed by atoms with E-state index in [0.717, 1.165) is 17.4 Å². The average molecular weight is 631 g/mol. The highest BCUT2D eigenvalue weighted by Crippen LogP contribution is 2.41. The maximum atomic E-state index is 13.1. The van der Waals surface area contributed by atoms with Crippen molar-refractivity contribution in [3.8, 4) is 28.4 Å². The first kappa shape index (κ1) is 31.2. The number of nitrogens with one attached hydrogen (secondary N) is 3. The number of para-hydroxylation sites is 1.